The fourth-order valence-corrected chi connectivity index (χ4v) is 2.99. The molecule has 0 amide bonds. The average molecular weight is 350 g/mol. The van der Waals surface area contributed by atoms with Crippen LogP contribution < -0.4 is 5.73 Å². The molecule has 0 aliphatic carbocycles. The van der Waals surface area contributed by atoms with Gasteiger partial charge in [-0.3, -0.25) is 0 Å². The number of amidine groups is 1. The lowest BCUT2D eigenvalue weighted by molar-refractivity contribution is 0.312. The Labute approximate surface area is 121 Å². The Hall–Kier alpha value is -1.12. The Morgan fingerprint density at radius 3 is 2.47 bits per heavy atom. The molecule has 6 nitrogen and oxygen atoms in total. The van der Waals surface area contributed by atoms with Crippen LogP contribution in [0.1, 0.15) is 6.92 Å². The van der Waals surface area contributed by atoms with Crippen molar-refractivity contribution in [2.45, 2.75) is 11.8 Å². The van der Waals surface area contributed by atoms with Crippen LogP contribution >= 0.6 is 15.9 Å². The summed E-state index contributed by atoms with van der Waals surface area (Å²) in [5.74, 6) is -0.377. The van der Waals surface area contributed by atoms with Crippen LogP contribution in [0.3, 0.4) is 0 Å². The van der Waals surface area contributed by atoms with E-state index in [1.54, 1.807) is 19.1 Å². The summed E-state index contributed by atoms with van der Waals surface area (Å²) in [7, 11) is -2.12. The molecule has 106 valence electrons. The molecule has 1 unspecified atom stereocenters. The van der Waals surface area contributed by atoms with Gasteiger partial charge in [0.05, 0.1) is 4.90 Å². The second kappa shape index (κ2) is 6.36. The van der Waals surface area contributed by atoms with E-state index >= 15 is 0 Å². The number of rotatable bonds is 5. The molecule has 0 fully saturated rings. The van der Waals surface area contributed by atoms with Crippen LogP contribution in [0.2, 0.25) is 0 Å². The lowest BCUT2D eigenvalue weighted by Gasteiger charge is -2.20. The summed E-state index contributed by atoms with van der Waals surface area (Å²) in [6.45, 7) is 1.82. The summed E-state index contributed by atoms with van der Waals surface area (Å²) in [5, 5.41) is 11.4. The van der Waals surface area contributed by atoms with Crippen molar-refractivity contribution in [1.29, 1.82) is 0 Å². The molecule has 0 bridgehead atoms. The number of oxime groups is 1. The van der Waals surface area contributed by atoms with Crippen LogP contribution in [0.15, 0.2) is 38.8 Å². The zero-order valence-corrected chi connectivity index (χ0v) is 13.0. The monoisotopic (exact) mass is 349 g/mol. The summed E-state index contributed by atoms with van der Waals surface area (Å²) >= 11 is 3.25. The van der Waals surface area contributed by atoms with Gasteiger partial charge in [-0.05, 0) is 24.3 Å². The summed E-state index contributed by atoms with van der Waals surface area (Å²) in [6, 6.07) is 6.36. The maximum absolute atomic E-state index is 12.3. The Balaban J connectivity index is 2.91. The zero-order valence-electron chi connectivity index (χ0n) is 10.6. The first-order chi connectivity index (χ1) is 8.78. The Morgan fingerprint density at radius 2 is 2.00 bits per heavy atom. The van der Waals surface area contributed by atoms with Crippen LogP contribution in [0.5, 0.6) is 0 Å². The van der Waals surface area contributed by atoms with E-state index in [0.717, 1.165) is 4.47 Å². The molecule has 0 spiro atoms. The van der Waals surface area contributed by atoms with Crippen molar-refractivity contribution >= 4 is 31.8 Å². The number of nitrogens with zero attached hydrogens (tertiary/aromatic N) is 2. The van der Waals surface area contributed by atoms with E-state index in [1.807, 2.05) is 0 Å². The van der Waals surface area contributed by atoms with Gasteiger partial charge < -0.3 is 10.9 Å². The van der Waals surface area contributed by atoms with E-state index in [-0.39, 0.29) is 23.2 Å². The number of sulfonamides is 1. The lowest BCUT2D eigenvalue weighted by Crippen LogP contribution is -2.36. The highest BCUT2D eigenvalue weighted by Gasteiger charge is 2.23. The second-order valence-electron chi connectivity index (χ2n) is 4.17. The number of hydrogen-bond acceptors (Lipinski definition) is 4. The van der Waals surface area contributed by atoms with Gasteiger partial charge in [-0.1, -0.05) is 28.0 Å². The van der Waals surface area contributed by atoms with E-state index in [9.17, 15) is 8.42 Å². The highest BCUT2D eigenvalue weighted by atomic mass is 79.9. The Morgan fingerprint density at radius 1 is 1.47 bits per heavy atom. The molecule has 1 atom stereocenters. The normalized spacial score (nSPS) is 14.6. The quantitative estimate of drug-likeness (QED) is 0.364. The predicted octanol–water partition coefficient (Wildman–Crippen LogP) is 1.45. The highest BCUT2D eigenvalue weighted by Crippen LogP contribution is 2.18. The van der Waals surface area contributed by atoms with Gasteiger partial charge in [0, 0.05) is 24.0 Å². The maximum atomic E-state index is 12.3. The molecular formula is C11H16BrN3O3S. The van der Waals surface area contributed by atoms with Gasteiger partial charge in [-0.25, -0.2) is 12.7 Å². The van der Waals surface area contributed by atoms with Crippen molar-refractivity contribution in [3.8, 4) is 0 Å². The third kappa shape index (κ3) is 3.92. The first kappa shape index (κ1) is 15.9. The summed E-state index contributed by atoms with van der Waals surface area (Å²) in [4.78, 5) is 0.199. The fourth-order valence-electron chi connectivity index (χ4n) is 1.46. The Bertz CT molecular complexity index is 557. The molecular weight excluding hydrogens is 334 g/mol. The average Bonchev–Trinajstić information content (AvgIpc) is 2.38. The first-order valence-electron chi connectivity index (χ1n) is 5.48. The minimum Gasteiger partial charge on any atom is -0.409 e. The van der Waals surface area contributed by atoms with Crippen molar-refractivity contribution in [1.82, 2.24) is 4.31 Å². The Kier molecular flexibility index (Phi) is 5.33. The summed E-state index contributed by atoms with van der Waals surface area (Å²) < 4.78 is 26.5. The van der Waals surface area contributed by atoms with Crippen LogP contribution in [-0.2, 0) is 10.0 Å². The van der Waals surface area contributed by atoms with E-state index in [4.69, 9.17) is 10.9 Å². The topological polar surface area (TPSA) is 96.0 Å². The molecule has 1 aromatic rings. The molecule has 0 aliphatic rings. The van der Waals surface area contributed by atoms with Crippen molar-refractivity contribution in [2.75, 3.05) is 13.6 Å². The molecule has 1 rings (SSSR count). The minimum atomic E-state index is -3.57. The molecule has 1 aromatic carbocycles. The molecule has 0 saturated heterocycles. The summed E-state index contributed by atoms with van der Waals surface area (Å²) in [5.41, 5.74) is 5.44. The molecule has 8 heteroatoms. The van der Waals surface area contributed by atoms with Gasteiger partial charge >= 0.3 is 0 Å². The lowest BCUT2D eigenvalue weighted by atomic mass is 10.2. The van der Waals surface area contributed by atoms with Crippen molar-refractivity contribution in [3.05, 3.63) is 28.7 Å². The van der Waals surface area contributed by atoms with Crippen LogP contribution in [0.4, 0.5) is 0 Å². The van der Waals surface area contributed by atoms with Gasteiger partial charge in [-0.2, -0.15) is 0 Å². The van der Waals surface area contributed by atoms with Crippen LogP contribution in [-0.4, -0.2) is 37.4 Å². The molecule has 19 heavy (non-hydrogen) atoms. The fraction of sp³-hybridized carbons (Fsp3) is 0.364. The highest BCUT2D eigenvalue weighted by molar-refractivity contribution is 9.10. The van der Waals surface area contributed by atoms with E-state index in [2.05, 4.69) is 21.1 Å². The third-order valence-corrected chi connectivity index (χ3v) is 5.04. The molecule has 3 N–H and O–H groups in total. The number of hydrogen-bond donors (Lipinski definition) is 2. The van der Waals surface area contributed by atoms with E-state index in [0.29, 0.717) is 0 Å². The van der Waals surface area contributed by atoms with Gasteiger partial charge in [0.25, 0.3) is 0 Å². The SMILES string of the molecule is CC(CN(C)S(=O)(=O)c1ccc(Br)cc1)C(N)=NO. The molecule has 0 heterocycles. The third-order valence-electron chi connectivity index (χ3n) is 2.67. The second-order valence-corrected chi connectivity index (χ2v) is 7.13. The molecule has 0 aromatic heterocycles. The predicted molar refractivity (Wildman–Crippen MR) is 76.5 cm³/mol. The van der Waals surface area contributed by atoms with E-state index in [1.165, 1.54) is 23.5 Å². The maximum Gasteiger partial charge on any atom is 0.242 e. The number of halogens is 1. The van der Waals surface area contributed by atoms with Crippen molar-refractivity contribution in [2.24, 2.45) is 16.8 Å². The van der Waals surface area contributed by atoms with E-state index < -0.39 is 10.0 Å². The van der Waals surface area contributed by atoms with Crippen molar-refractivity contribution < 1.29 is 13.6 Å². The van der Waals surface area contributed by atoms with Gasteiger partial charge in [0.15, 0.2) is 0 Å². The van der Waals surface area contributed by atoms with Gasteiger partial charge in [-0.15, -0.1) is 0 Å². The standard InChI is InChI=1S/C11H16BrN3O3S/c1-8(11(13)14-16)7-15(2)19(17,18)10-5-3-9(12)4-6-10/h3-6,8,16H,7H2,1-2H3,(H2,13,14). The van der Waals surface area contributed by atoms with Gasteiger partial charge in [0.2, 0.25) is 10.0 Å². The van der Waals surface area contributed by atoms with Gasteiger partial charge in [0.1, 0.15) is 5.84 Å². The minimum absolute atomic E-state index is 0.00199. The number of benzene rings is 1. The molecule has 0 aliphatic heterocycles. The molecule has 0 radical (unpaired) electrons. The van der Waals surface area contributed by atoms with Crippen LogP contribution in [0, 0.1) is 5.92 Å². The largest absolute Gasteiger partial charge is 0.409 e. The van der Waals surface area contributed by atoms with Crippen molar-refractivity contribution in [3.63, 3.8) is 0 Å². The number of nitrogens with two attached hydrogens (primary N) is 1. The smallest absolute Gasteiger partial charge is 0.242 e. The first-order valence-corrected chi connectivity index (χ1v) is 7.71. The van der Waals surface area contributed by atoms with Crippen LogP contribution in [0.25, 0.3) is 0 Å². The molecule has 0 saturated carbocycles. The zero-order chi connectivity index (χ0) is 14.6. The summed E-state index contributed by atoms with van der Waals surface area (Å²) in [6.07, 6.45) is 0.